The monoisotopic (exact) mass is 499 g/mol. The van der Waals surface area contributed by atoms with E-state index in [-0.39, 0.29) is 11.4 Å². The van der Waals surface area contributed by atoms with Gasteiger partial charge in [0.2, 0.25) is 0 Å². The van der Waals surface area contributed by atoms with E-state index in [1.807, 2.05) is 42.5 Å². The molecule has 0 aliphatic heterocycles. The number of hydrogen-bond donors (Lipinski definition) is 2. The Kier molecular flexibility index (Phi) is 8.51. The van der Waals surface area contributed by atoms with Gasteiger partial charge in [-0.05, 0) is 46.7 Å². The minimum Gasteiger partial charge on any atom is -0.408 e. The van der Waals surface area contributed by atoms with Crippen molar-refractivity contribution in [3.63, 3.8) is 0 Å². The van der Waals surface area contributed by atoms with Crippen molar-refractivity contribution in [2.24, 2.45) is 0 Å². The van der Waals surface area contributed by atoms with Gasteiger partial charge in [-0.2, -0.15) is 0 Å². The van der Waals surface area contributed by atoms with Gasteiger partial charge in [0.05, 0.1) is 0 Å². The molecule has 172 valence electrons. The molecule has 0 aromatic heterocycles. The lowest BCUT2D eigenvalue weighted by Crippen LogP contribution is -2.35. The maximum absolute atomic E-state index is 13.5. The summed E-state index contributed by atoms with van der Waals surface area (Å²) in [5.41, 5.74) is 4.27. The van der Waals surface area contributed by atoms with Crippen LogP contribution in [0.3, 0.4) is 0 Å². The maximum Gasteiger partial charge on any atom is 0.362 e. The predicted molar refractivity (Wildman–Crippen MR) is 137 cm³/mol. The van der Waals surface area contributed by atoms with Gasteiger partial charge in [0.15, 0.2) is 0 Å². The molecule has 1 amide bonds. The largest absolute Gasteiger partial charge is 0.408 e. The minimum atomic E-state index is -3.44. The zero-order valence-electron chi connectivity index (χ0n) is 18.6. The van der Waals surface area contributed by atoms with Crippen LogP contribution in [0.5, 0.6) is 0 Å². The standard InChI is InChI=1S/C26H27Cl2NO3Si/c1-19(2)33(31,32)14-13-20-9-6-10-22(15-20)26(30)29(17-21-7-4-3-5-8-21)18-23-11-12-24(27)16-25(23)28/h3-16,19,31-32H,17-18H2,1-2H3. The van der Waals surface area contributed by atoms with Crippen LogP contribution in [0.25, 0.3) is 6.08 Å². The molecule has 0 unspecified atom stereocenters. The number of halogens is 2. The summed E-state index contributed by atoms with van der Waals surface area (Å²) < 4.78 is 0. The normalized spacial score (nSPS) is 11.8. The van der Waals surface area contributed by atoms with Crippen LogP contribution in [-0.2, 0) is 13.1 Å². The summed E-state index contributed by atoms with van der Waals surface area (Å²) in [7, 11) is -3.44. The Morgan fingerprint density at radius 3 is 2.36 bits per heavy atom. The van der Waals surface area contributed by atoms with E-state index in [1.165, 1.54) is 5.70 Å². The first-order valence-electron chi connectivity index (χ1n) is 10.7. The van der Waals surface area contributed by atoms with Crippen LogP contribution in [0, 0.1) is 0 Å². The van der Waals surface area contributed by atoms with Gasteiger partial charge in [-0.25, -0.2) is 0 Å². The van der Waals surface area contributed by atoms with Crippen molar-refractivity contribution in [3.05, 3.63) is 111 Å². The quantitative estimate of drug-likeness (QED) is 0.361. The molecule has 2 N–H and O–H groups in total. The molecule has 3 rings (SSSR count). The molecule has 3 aromatic rings. The Morgan fingerprint density at radius 2 is 1.70 bits per heavy atom. The molecule has 4 nitrogen and oxygen atoms in total. The number of nitrogens with zero attached hydrogens (tertiary/aromatic N) is 1. The van der Waals surface area contributed by atoms with Crippen molar-refractivity contribution >= 4 is 43.7 Å². The molecule has 0 bridgehead atoms. The van der Waals surface area contributed by atoms with Crippen LogP contribution < -0.4 is 0 Å². The fourth-order valence-corrected chi connectivity index (χ4v) is 4.52. The lowest BCUT2D eigenvalue weighted by molar-refractivity contribution is 0.0730. The number of amides is 1. The zero-order chi connectivity index (χ0) is 24.0. The van der Waals surface area contributed by atoms with E-state index in [9.17, 15) is 14.4 Å². The molecule has 0 radical (unpaired) electrons. The first-order chi connectivity index (χ1) is 15.7. The van der Waals surface area contributed by atoms with Gasteiger partial charge in [-0.15, -0.1) is 0 Å². The Bertz CT molecular complexity index is 1130. The Balaban J connectivity index is 1.90. The number of rotatable bonds is 8. The molecule has 0 fully saturated rings. The molecule has 0 aliphatic rings. The third-order valence-electron chi connectivity index (χ3n) is 5.38. The molecule has 0 spiro atoms. The van der Waals surface area contributed by atoms with Gasteiger partial charge in [-0.3, -0.25) is 4.79 Å². The van der Waals surface area contributed by atoms with Gasteiger partial charge >= 0.3 is 8.56 Å². The second kappa shape index (κ2) is 11.1. The smallest absolute Gasteiger partial charge is 0.362 e. The lowest BCUT2D eigenvalue weighted by atomic mass is 10.1. The van der Waals surface area contributed by atoms with Crippen molar-refractivity contribution in [2.45, 2.75) is 32.5 Å². The highest BCUT2D eigenvalue weighted by atomic mass is 35.5. The van der Waals surface area contributed by atoms with E-state index in [1.54, 1.807) is 55.2 Å². The molecule has 0 saturated carbocycles. The summed E-state index contributed by atoms with van der Waals surface area (Å²) in [6, 6.07) is 22.1. The summed E-state index contributed by atoms with van der Waals surface area (Å²) in [5.74, 6) is -0.152. The summed E-state index contributed by atoms with van der Waals surface area (Å²) in [6.07, 6.45) is 1.67. The van der Waals surface area contributed by atoms with Crippen LogP contribution in [0.15, 0.2) is 78.5 Å². The van der Waals surface area contributed by atoms with Crippen molar-refractivity contribution in [2.75, 3.05) is 0 Å². The highest BCUT2D eigenvalue weighted by molar-refractivity contribution is 6.72. The Morgan fingerprint density at radius 1 is 0.970 bits per heavy atom. The second-order valence-electron chi connectivity index (χ2n) is 8.28. The average molecular weight is 500 g/mol. The summed E-state index contributed by atoms with van der Waals surface area (Å²) in [4.78, 5) is 35.7. The Labute approximate surface area is 206 Å². The van der Waals surface area contributed by atoms with Gasteiger partial charge in [-0.1, -0.05) is 91.7 Å². The highest BCUT2D eigenvalue weighted by Gasteiger charge is 2.30. The van der Waals surface area contributed by atoms with Crippen molar-refractivity contribution < 1.29 is 14.4 Å². The molecule has 0 atom stereocenters. The van der Waals surface area contributed by atoms with Crippen LogP contribution >= 0.6 is 23.2 Å². The maximum atomic E-state index is 13.5. The van der Waals surface area contributed by atoms with E-state index >= 15 is 0 Å². The molecule has 0 aliphatic carbocycles. The lowest BCUT2D eigenvalue weighted by Gasteiger charge is -2.24. The summed E-state index contributed by atoms with van der Waals surface area (Å²) >= 11 is 12.4. The van der Waals surface area contributed by atoms with Crippen LogP contribution in [0.2, 0.25) is 15.6 Å². The van der Waals surface area contributed by atoms with Crippen LogP contribution in [-0.4, -0.2) is 29.0 Å². The van der Waals surface area contributed by atoms with Gasteiger partial charge < -0.3 is 14.5 Å². The third-order valence-corrected chi connectivity index (χ3v) is 8.33. The van der Waals surface area contributed by atoms with Crippen LogP contribution in [0.4, 0.5) is 0 Å². The molecular weight excluding hydrogens is 473 g/mol. The third kappa shape index (κ3) is 7.03. The van der Waals surface area contributed by atoms with E-state index < -0.39 is 8.56 Å². The first kappa shape index (κ1) is 25.2. The first-order valence-corrected chi connectivity index (χ1v) is 13.5. The van der Waals surface area contributed by atoms with Crippen molar-refractivity contribution in [1.82, 2.24) is 4.90 Å². The van der Waals surface area contributed by atoms with Crippen LogP contribution in [0.1, 0.15) is 40.9 Å². The minimum absolute atomic E-state index is 0.152. The number of hydrogen-bond acceptors (Lipinski definition) is 3. The van der Waals surface area contributed by atoms with Crippen molar-refractivity contribution in [3.8, 4) is 0 Å². The van der Waals surface area contributed by atoms with Crippen molar-refractivity contribution in [1.29, 1.82) is 0 Å². The number of carbonyl (C=O) groups excluding carboxylic acids is 1. The fourth-order valence-electron chi connectivity index (χ4n) is 3.23. The number of benzene rings is 3. The van der Waals surface area contributed by atoms with E-state index in [0.717, 1.165) is 16.7 Å². The summed E-state index contributed by atoms with van der Waals surface area (Å²) in [5, 5.41) is 1.05. The van der Waals surface area contributed by atoms with Gasteiger partial charge in [0.1, 0.15) is 0 Å². The van der Waals surface area contributed by atoms with E-state index in [2.05, 4.69) is 0 Å². The SMILES string of the molecule is CC(C)[Si](O)(O)C=Cc1cccc(C(=O)N(Cc2ccccc2)Cc2ccc(Cl)cc2Cl)c1. The molecule has 0 heterocycles. The molecule has 33 heavy (non-hydrogen) atoms. The molecule has 0 saturated heterocycles. The Hall–Kier alpha value is -2.41. The van der Waals surface area contributed by atoms with Gasteiger partial charge in [0.25, 0.3) is 5.91 Å². The van der Waals surface area contributed by atoms with E-state index in [0.29, 0.717) is 28.7 Å². The molecule has 3 aromatic carbocycles. The molecular formula is C26H27Cl2NO3Si. The topological polar surface area (TPSA) is 60.8 Å². The second-order valence-corrected chi connectivity index (χ2v) is 12.2. The van der Waals surface area contributed by atoms with E-state index in [4.69, 9.17) is 23.2 Å². The molecule has 7 heteroatoms. The highest BCUT2D eigenvalue weighted by Crippen LogP contribution is 2.24. The van der Waals surface area contributed by atoms with Gasteiger partial charge in [0, 0.05) is 34.2 Å². The predicted octanol–water partition coefficient (Wildman–Crippen LogP) is 6.23. The number of carbonyl (C=O) groups is 1. The average Bonchev–Trinajstić information content (AvgIpc) is 2.79. The summed E-state index contributed by atoms with van der Waals surface area (Å²) in [6.45, 7) is 4.29. The fraction of sp³-hybridized carbons (Fsp3) is 0.192. The zero-order valence-corrected chi connectivity index (χ0v) is 21.1.